The van der Waals surface area contributed by atoms with Crippen LogP contribution in [0.5, 0.6) is 0 Å². The van der Waals surface area contributed by atoms with Crippen molar-refractivity contribution in [1.82, 2.24) is 20.4 Å². The van der Waals surface area contributed by atoms with Gasteiger partial charge in [0.25, 0.3) is 0 Å². The number of aliphatic hydroxyl groups is 1. The molecule has 8 heteroatoms. The summed E-state index contributed by atoms with van der Waals surface area (Å²) in [6.07, 6.45) is 5.24. The molecule has 0 aliphatic heterocycles. The van der Waals surface area contributed by atoms with E-state index in [9.17, 15) is 9.90 Å². The van der Waals surface area contributed by atoms with E-state index in [-0.39, 0.29) is 18.9 Å². The molecule has 8 nitrogen and oxygen atoms in total. The smallest absolute Gasteiger partial charge is 0.227 e. The molecule has 0 saturated heterocycles. The molecule has 0 saturated carbocycles. The molecule has 1 atom stereocenters. The van der Waals surface area contributed by atoms with Crippen LogP contribution in [-0.4, -0.2) is 32.7 Å². The minimum absolute atomic E-state index is 0.0471. The van der Waals surface area contributed by atoms with Crippen LogP contribution in [0.2, 0.25) is 0 Å². The minimum atomic E-state index is -1.27. The van der Waals surface area contributed by atoms with E-state index in [1.807, 2.05) is 0 Å². The predicted octanol–water partition coefficient (Wildman–Crippen LogP) is 1.68. The fraction of sp³-hybridized carbons (Fsp3) is 0.294. The maximum Gasteiger partial charge on any atom is 0.227 e. The first kappa shape index (κ1) is 16.8. The summed E-state index contributed by atoms with van der Waals surface area (Å²) in [5.74, 6) is 1.00. The number of pyridine rings is 1. The number of rotatable bonds is 7. The highest BCUT2D eigenvalue weighted by Gasteiger charge is 2.26. The topological polar surface area (TPSA) is 114 Å². The van der Waals surface area contributed by atoms with Gasteiger partial charge in [0.1, 0.15) is 11.4 Å². The van der Waals surface area contributed by atoms with E-state index in [0.717, 1.165) is 5.56 Å². The third-order valence-corrected chi connectivity index (χ3v) is 3.65. The Hall–Kier alpha value is -3.00. The summed E-state index contributed by atoms with van der Waals surface area (Å²) in [5, 5.41) is 16.8. The molecular formula is C17H18N4O4. The van der Waals surface area contributed by atoms with Crippen LogP contribution in [0, 0.1) is 0 Å². The molecule has 3 aromatic rings. The fourth-order valence-corrected chi connectivity index (χ4v) is 2.23. The largest absolute Gasteiger partial charge is 0.466 e. The Labute approximate surface area is 143 Å². The lowest BCUT2D eigenvalue weighted by Crippen LogP contribution is -2.38. The molecule has 2 N–H and O–H groups in total. The number of hydrogen-bond acceptors (Lipinski definition) is 7. The fourth-order valence-electron chi connectivity index (χ4n) is 2.23. The van der Waals surface area contributed by atoms with Gasteiger partial charge in [-0.2, -0.15) is 4.98 Å². The molecule has 3 heterocycles. The molecule has 3 aromatic heterocycles. The van der Waals surface area contributed by atoms with Crippen LogP contribution < -0.4 is 5.32 Å². The molecule has 0 fully saturated rings. The first-order chi connectivity index (χ1) is 12.0. The third-order valence-electron chi connectivity index (χ3n) is 3.65. The maximum atomic E-state index is 12.0. The molecule has 1 amide bonds. The highest BCUT2D eigenvalue weighted by molar-refractivity contribution is 5.76. The van der Waals surface area contributed by atoms with Crippen molar-refractivity contribution in [1.29, 1.82) is 0 Å². The molecule has 0 aliphatic carbocycles. The second kappa shape index (κ2) is 7.27. The van der Waals surface area contributed by atoms with Gasteiger partial charge in [0.2, 0.25) is 17.6 Å². The van der Waals surface area contributed by atoms with Crippen LogP contribution in [0.4, 0.5) is 0 Å². The van der Waals surface area contributed by atoms with Gasteiger partial charge in [0.05, 0.1) is 12.8 Å². The lowest BCUT2D eigenvalue weighted by Gasteiger charge is -2.21. The zero-order valence-corrected chi connectivity index (χ0v) is 13.7. The first-order valence-corrected chi connectivity index (χ1v) is 7.81. The van der Waals surface area contributed by atoms with E-state index in [2.05, 4.69) is 20.4 Å². The molecule has 3 rings (SSSR count). The average molecular weight is 342 g/mol. The highest BCUT2D eigenvalue weighted by Crippen LogP contribution is 2.20. The van der Waals surface area contributed by atoms with Crippen molar-refractivity contribution in [2.45, 2.75) is 25.4 Å². The molecule has 0 aromatic carbocycles. The van der Waals surface area contributed by atoms with Crippen molar-refractivity contribution in [3.63, 3.8) is 0 Å². The van der Waals surface area contributed by atoms with Crippen LogP contribution in [0.25, 0.3) is 11.4 Å². The van der Waals surface area contributed by atoms with E-state index in [0.29, 0.717) is 23.9 Å². The van der Waals surface area contributed by atoms with E-state index >= 15 is 0 Å². The van der Waals surface area contributed by atoms with Gasteiger partial charge in [-0.3, -0.25) is 9.78 Å². The molecular weight excluding hydrogens is 324 g/mol. The van der Waals surface area contributed by atoms with E-state index in [1.165, 1.54) is 6.26 Å². The summed E-state index contributed by atoms with van der Waals surface area (Å²) < 4.78 is 10.3. The SMILES string of the molecule is CC(O)(CNC(=O)CCc1nc(-c2ccncc2)no1)c1ccco1. The van der Waals surface area contributed by atoms with Crippen LogP contribution in [0.3, 0.4) is 0 Å². The van der Waals surface area contributed by atoms with Crippen molar-refractivity contribution < 1.29 is 18.8 Å². The Morgan fingerprint density at radius 2 is 2.12 bits per heavy atom. The van der Waals surface area contributed by atoms with Crippen molar-refractivity contribution >= 4 is 5.91 Å². The summed E-state index contributed by atoms with van der Waals surface area (Å²) in [6, 6.07) is 6.89. The molecule has 130 valence electrons. The monoisotopic (exact) mass is 342 g/mol. The lowest BCUT2D eigenvalue weighted by atomic mass is 10.0. The first-order valence-electron chi connectivity index (χ1n) is 7.81. The second-order valence-corrected chi connectivity index (χ2v) is 5.78. The Morgan fingerprint density at radius 3 is 2.84 bits per heavy atom. The summed E-state index contributed by atoms with van der Waals surface area (Å²) in [4.78, 5) is 20.1. The van der Waals surface area contributed by atoms with E-state index in [4.69, 9.17) is 8.94 Å². The van der Waals surface area contributed by atoms with Gasteiger partial charge in [-0.25, -0.2) is 0 Å². The zero-order chi connectivity index (χ0) is 17.7. The molecule has 0 spiro atoms. The van der Waals surface area contributed by atoms with E-state index < -0.39 is 5.60 Å². The van der Waals surface area contributed by atoms with Crippen LogP contribution in [-0.2, 0) is 16.8 Å². The molecule has 0 aliphatic rings. The average Bonchev–Trinajstić information content (AvgIpc) is 3.31. The van der Waals surface area contributed by atoms with Crippen LogP contribution in [0.1, 0.15) is 25.0 Å². The van der Waals surface area contributed by atoms with Crippen molar-refractivity contribution in [2.75, 3.05) is 6.54 Å². The van der Waals surface area contributed by atoms with Gasteiger partial charge < -0.3 is 19.4 Å². The Morgan fingerprint density at radius 1 is 1.32 bits per heavy atom. The van der Waals surface area contributed by atoms with Gasteiger partial charge in [0.15, 0.2) is 0 Å². The van der Waals surface area contributed by atoms with Crippen LogP contribution >= 0.6 is 0 Å². The van der Waals surface area contributed by atoms with E-state index in [1.54, 1.807) is 43.6 Å². The highest BCUT2D eigenvalue weighted by atomic mass is 16.5. The Bertz CT molecular complexity index is 812. The van der Waals surface area contributed by atoms with Gasteiger partial charge >= 0.3 is 0 Å². The number of furan rings is 1. The number of carbonyl (C=O) groups is 1. The number of aryl methyl sites for hydroxylation is 1. The molecule has 25 heavy (non-hydrogen) atoms. The van der Waals surface area contributed by atoms with Gasteiger partial charge in [-0.05, 0) is 31.2 Å². The summed E-state index contributed by atoms with van der Waals surface area (Å²) in [6.45, 7) is 1.62. The number of nitrogens with one attached hydrogen (secondary N) is 1. The van der Waals surface area contributed by atoms with Gasteiger partial charge in [0, 0.05) is 30.8 Å². The predicted molar refractivity (Wildman–Crippen MR) is 87.1 cm³/mol. The Kier molecular flexibility index (Phi) is 4.90. The van der Waals surface area contributed by atoms with Crippen molar-refractivity contribution in [3.05, 3.63) is 54.6 Å². The standard InChI is InChI=1S/C17H18N4O4/c1-17(23,13-3-2-10-24-13)11-19-14(22)4-5-15-20-16(21-25-15)12-6-8-18-9-7-12/h2-3,6-10,23H,4-5,11H2,1H3,(H,19,22). The van der Waals surface area contributed by atoms with Gasteiger partial charge in [-0.1, -0.05) is 5.16 Å². The molecule has 0 radical (unpaired) electrons. The number of hydrogen-bond donors (Lipinski definition) is 2. The lowest BCUT2D eigenvalue weighted by molar-refractivity contribution is -0.122. The third kappa shape index (κ3) is 4.30. The Balaban J connectivity index is 1.49. The number of nitrogens with zero attached hydrogens (tertiary/aromatic N) is 3. The zero-order valence-electron chi connectivity index (χ0n) is 13.7. The number of carbonyl (C=O) groups excluding carboxylic acids is 1. The van der Waals surface area contributed by atoms with Gasteiger partial charge in [-0.15, -0.1) is 0 Å². The van der Waals surface area contributed by atoms with Crippen molar-refractivity contribution in [3.8, 4) is 11.4 Å². The molecule has 0 bridgehead atoms. The summed E-state index contributed by atoms with van der Waals surface area (Å²) >= 11 is 0. The van der Waals surface area contributed by atoms with Crippen molar-refractivity contribution in [2.24, 2.45) is 0 Å². The summed E-state index contributed by atoms with van der Waals surface area (Å²) in [7, 11) is 0. The summed E-state index contributed by atoms with van der Waals surface area (Å²) in [5.41, 5.74) is -0.470. The normalized spacial score (nSPS) is 13.4. The number of amides is 1. The van der Waals surface area contributed by atoms with Crippen LogP contribution in [0.15, 0.2) is 51.9 Å². The second-order valence-electron chi connectivity index (χ2n) is 5.78. The number of aromatic nitrogens is 3. The quantitative estimate of drug-likeness (QED) is 0.671. The molecule has 1 unspecified atom stereocenters. The maximum absolute atomic E-state index is 12.0. The minimum Gasteiger partial charge on any atom is -0.466 e.